The molecule has 4 nitrogen and oxygen atoms in total. The van der Waals surface area contributed by atoms with Crippen molar-refractivity contribution in [2.24, 2.45) is 0 Å². The lowest BCUT2D eigenvalue weighted by molar-refractivity contribution is -0.908. The fraction of sp³-hybridized carbons (Fsp3) is 0.320. The molecule has 1 aliphatic heterocycles. The maximum absolute atomic E-state index is 12.5. The van der Waals surface area contributed by atoms with Crippen molar-refractivity contribution in [2.45, 2.75) is 31.9 Å². The van der Waals surface area contributed by atoms with E-state index in [0.29, 0.717) is 12.1 Å². The van der Waals surface area contributed by atoms with Gasteiger partial charge < -0.3 is 14.6 Å². The molecule has 0 aliphatic carbocycles. The van der Waals surface area contributed by atoms with Crippen molar-refractivity contribution in [3.63, 3.8) is 0 Å². The number of ketones is 1. The third kappa shape index (κ3) is 5.09. The second kappa shape index (κ2) is 9.73. The molecule has 30 heavy (non-hydrogen) atoms. The monoisotopic (exact) mass is 467 g/mol. The van der Waals surface area contributed by atoms with E-state index in [-0.39, 0.29) is 11.9 Å². The van der Waals surface area contributed by atoms with Crippen LogP contribution in [0.1, 0.15) is 35.2 Å². The second-order valence-corrected chi connectivity index (χ2v) is 9.04. The molecule has 1 fully saturated rings. The summed E-state index contributed by atoms with van der Waals surface area (Å²) in [7, 11) is 0. The van der Waals surface area contributed by atoms with Gasteiger partial charge in [0.15, 0.2) is 5.78 Å². The van der Waals surface area contributed by atoms with Gasteiger partial charge in [0.1, 0.15) is 12.6 Å². The Hall–Kier alpha value is -2.21. The van der Waals surface area contributed by atoms with Gasteiger partial charge in [-0.25, -0.2) is 0 Å². The molecule has 1 atom stereocenters. The van der Waals surface area contributed by atoms with E-state index in [1.807, 2.05) is 48.7 Å². The van der Waals surface area contributed by atoms with Crippen molar-refractivity contribution < 1.29 is 14.8 Å². The van der Waals surface area contributed by atoms with E-state index in [1.165, 1.54) is 24.2 Å². The van der Waals surface area contributed by atoms with Crippen LogP contribution in [0.4, 0.5) is 0 Å². The number of aliphatic hydroxyl groups excluding tert-OH is 1. The fourth-order valence-corrected chi connectivity index (χ4v) is 4.58. The zero-order chi connectivity index (χ0) is 20.9. The number of piperidine rings is 1. The van der Waals surface area contributed by atoms with Gasteiger partial charge in [0.2, 0.25) is 0 Å². The molecule has 0 unspecified atom stereocenters. The Balaban J connectivity index is 1.51. The Kier molecular flexibility index (Phi) is 6.82. The van der Waals surface area contributed by atoms with Gasteiger partial charge in [-0.15, -0.1) is 0 Å². The van der Waals surface area contributed by atoms with Crippen LogP contribution in [-0.2, 0) is 6.54 Å². The molecular weight excluding hydrogens is 440 g/mol. The van der Waals surface area contributed by atoms with Crippen LogP contribution in [0.5, 0.6) is 0 Å². The molecular formula is C25H28BrN2O2+. The van der Waals surface area contributed by atoms with Crippen LogP contribution in [-0.4, -0.2) is 41.2 Å². The lowest BCUT2D eigenvalue weighted by Crippen LogP contribution is -3.13. The van der Waals surface area contributed by atoms with Crippen molar-refractivity contribution >= 4 is 38.7 Å². The van der Waals surface area contributed by atoms with Gasteiger partial charge in [-0.1, -0.05) is 34.1 Å². The number of likely N-dealkylation sites (tertiary alicyclic amines) is 1. The van der Waals surface area contributed by atoms with E-state index >= 15 is 0 Å². The molecule has 0 spiro atoms. The van der Waals surface area contributed by atoms with Crippen molar-refractivity contribution in [3.8, 4) is 0 Å². The first-order valence-electron chi connectivity index (χ1n) is 10.7. The summed E-state index contributed by atoms with van der Waals surface area (Å²) in [5.41, 5.74) is 2.74. The quantitative estimate of drug-likeness (QED) is 0.410. The molecule has 1 aromatic heterocycles. The number of hydrogen-bond donors (Lipinski definition) is 2. The normalized spacial score (nSPS) is 16.3. The number of carbonyl (C=O) groups is 1. The first-order valence-corrected chi connectivity index (χ1v) is 11.5. The molecule has 1 aliphatic rings. The number of fused-ring (bicyclic) bond motifs is 1. The number of halogens is 1. The summed E-state index contributed by atoms with van der Waals surface area (Å²) < 4.78 is 3.07. The number of para-hydroxylation sites is 1. The van der Waals surface area contributed by atoms with Crippen molar-refractivity contribution in [1.82, 2.24) is 4.57 Å². The predicted molar refractivity (Wildman–Crippen MR) is 125 cm³/mol. The highest BCUT2D eigenvalue weighted by Gasteiger charge is 2.19. The van der Waals surface area contributed by atoms with E-state index in [4.69, 9.17) is 0 Å². The number of aliphatic hydroxyl groups is 1. The van der Waals surface area contributed by atoms with Gasteiger partial charge in [-0.3, -0.25) is 4.79 Å². The molecule has 1 saturated heterocycles. The van der Waals surface area contributed by atoms with Crippen molar-refractivity contribution in [1.29, 1.82) is 0 Å². The number of allylic oxidation sites excluding steroid dienone is 1. The van der Waals surface area contributed by atoms with E-state index in [0.717, 1.165) is 40.6 Å². The molecule has 3 aromatic rings. The topological polar surface area (TPSA) is 46.7 Å². The van der Waals surface area contributed by atoms with Crippen LogP contribution >= 0.6 is 15.9 Å². The third-order valence-electron chi connectivity index (χ3n) is 5.85. The summed E-state index contributed by atoms with van der Waals surface area (Å²) in [6.45, 7) is 3.68. The summed E-state index contributed by atoms with van der Waals surface area (Å²) in [5.74, 6) is -0.0203. The van der Waals surface area contributed by atoms with Gasteiger partial charge in [0.05, 0.1) is 19.6 Å². The minimum atomic E-state index is -0.380. The Morgan fingerprint density at radius 1 is 1.10 bits per heavy atom. The molecule has 156 valence electrons. The Morgan fingerprint density at radius 3 is 2.60 bits per heavy atom. The van der Waals surface area contributed by atoms with E-state index in [2.05, 4.69) is 32.6 Å². The molecule has 0 bridgehead atoms. The fourth-order valence-electron chi connectivity index (χ4n) is 4.32. The number of rotatable bonds is 7. The van der Waals surface area contributed by atoms with Crippen LogP contribution in [0.3, 0.4) is 0 Å². The number of carbonyl (C=O) groups excluding carboxylic acids is 1. The van der Waals surface area contributed by atoms with E-state index in [1.54, 1.807) is 6.08 Å². The number of hydrogen-bond acceptors (Lipinski definition) is 2. The minimum Gasteiger partial charge on any atom is -0.385 e. The van der Waals surface area contributed by atoms with Gasteiger partial charge in [-0.05, 0) is 61.7 Å². The summed E-state index contributed by atoms with van der Waals surface area (Å²) in [6.07, 6.45) is 9.01. The average molecular weight is 468 g/mol. The summed E-state index contributed by atoms with van der Waals surface area (Å²) in [4.78, 5) is 14.0. The van der Waals surface area contributed by atoms with E-state index in [9.17, 15) is 9.90 Å². The first kappa shape index (κ1) is 21.0. The Morgan fingerprint density at radius 2 is 1.83 bits per heavy atom. The Bertz CT molecular complexity index is 1030. The summed E-state index contributed by atoms with van der Waals surface area (Å²) in [6, 6.07) is 15.5. The molecule has 5 heteroatoms. The average Bonchev–Trinajstić information content (AvgIpc) is 3.10. The van der Waals surface area contributed by atoms with Gasteiger partial charge in [0, 0.05) is 32.7 Å². The highest BCUT2D eigenvalue weighted by atomic mass is 79.9. The van der Waals surface area contributed by atoms with Gasteiger partial charge >= 0.3 is 0 Å². The SMILES string of the molecule is O=C(/C=C/c1cn(C[C@@H](O)C[NH+]2CCCCC2)c2ccccc12)c1ccc(Br)cc1. The molecule has 2 heterocycles. The maximum Gasteiger partial charge on any atom is 0.185 e. The minimum absolute atomic E-state index is 0.0203. The lowest BCUT2D eigenvalue weighted by Gasteiger charge is -2.25. The van der Waals surface area contributed by atoms with Crippen molar-refractivity contribution in [3.05, 3.63) is 76.4 Å². The third-order valence-corrected chi connectivity index (χ3v) is 6.38. The number of quaternary nitrogens is 1. The Labute approximate surface area is 185 Å². The molecule has 2 aromatic carbocycles. The van der Waals surface area contributed by atoms with Crippen molar-refractivity contribution in [2.75, 3.05) is 19.6 Å². The summed E-state index contributed by atoms with van der Waals surface area (Å²) in [5, 5.41) is 11.8. The number of nitrogens with zero attached hydrogens (tertiary/aromatic N) is 1. The summed E-state index contributed by atoms with van der Waals surface area (Å²) >= 11 is 3.40. The number of nitrogens with one attached hydrogen (secondary N) is 1. The molecule has 0 radical (unpaired) electrons. The second-order valence-electron chi connectivity index (χ2n) is 8.13. The molecule has 4 rings (SSSR count). The zero-order valence-corrected chi connectivity index (χ0v) is 18.6. The first-order chi connectivity index (χ1) is 14.6. The number of aromatic nitrogens is 1. The van der Waals surface area contributed by atoms with Crippen LogP contribution in [0, 0.1) is 0 Å². The van der Waals surface area contributed by atoms with Crippen LogP contribution < -0.4 is 4.90 Å². The molecule has 0 saturated carbocycles. The van der Waals surface area contributed by atoms with Gasteiger partial charge in [-0.2, -0.15) is 0 Å². The molecule has 2 N–H and O–H groups in total. The number of benzene rings is 2. The largest absolute Gasteiger partial charge is 0.385 e. The van der Waals surface area contributed by atoms with Crippen LogP contribution in [0.2, 0.25) is 0 Å². The highest BCUT2D eigenvalue weighted by Crippen LogP contribution is 2.23. The van der Waals surface area contributed by atoms with Crippen LogP contribution in [0.15, 0.2) is 65.3 Å². The standard InChI is InChI=1S/C25H27BrN2O2/c26-21-11-8-19(9-12-21)25(30)13-10-20-16-28(24-7-3-2-6-23(20)24)18-22(29)17-27-14-4-1-5-15-27/h2-3,6-13,16,22,29H,1,4-5,14-15,17-18H2/p+1/b13-10+/t22-/m0/s1. The smallest absolute Gasteiger partial charge is 0.185 e. The van der Waals surface area contributed by atoms with Crippen LogP contribution in [0.25, 0.3) is 17.0 Å². The predicted octanol–water partition coefficient (Wildman–Crippen LogP) is 3.73. The maximum atomic E-state index is 12.5. The van der Waals surface area contributed by atoms with E-state index < -0.39 is 0 Å². The lowest BCUT2D eigenvalue weighted by atomic mass is 10.1. The molecule has 0 amide bonds. The van der Waals surface area contributed by atoms with Gasteiger partial charge in [0.25, 0.3) is 0 Å². The zero-order valence-electron chi connectivity index (χ0n) is 17.1. The highest BCUT2D eigenvalue weighted by molar-refractivity contribution is 9.10.